The van der Waals surface area contributed by atoms with E-state index in [-0.39, 0.29) is 25.2 Å². The van der Waals surface area contributed by atoms with E-state index in [0.717, 1.165) is 44.3 Å². The van der Waals surface area contributed by atoms with E-state index in [1.165, 1.54) is 96.3 Å². The molecule has 8 heteroatoms. The van der Waals surface area contributed by atoms with E-state index in [4.69, 9.17) is 14.0 Å². The lowest BCUT2D eigenvalue weighted by atomic mass is 10.0. The van der Waals surface area contributed by atoms with Crippen LogP contribution in [0, 0.1) is 0 Å². The van der Waals surface area contributed by atoms with E-state index < -0.39 is 14.8 Å². The Hall–Kier alpha value is -0.650. The summed E-state index contributed by atoms with van der Waals surface area (Å²) in [4.78, 5) is 24.3. The second kappa shape index (κ2) is 30.9. The van der Waals surface area contributed by atoms with Gasteiger partial charge in [0.25, 0.3) is 0 Å². The Bertz CT molecular complexity index is 549. The fourth-order valence-corrected chi connectivity index (χ4v) is 4.91. The van der Waals surface area contributed by atoms with Gasteiger partial charge in [-0.2, -0.15) is 12.6 Å². The first-order chi connectivity index (χ1) is 18.6. The third-order valence-electron chi connectivity index (χ3n) is 6.81. The molecule has 0 N–H and O–H groups in total. The van der Waals surface area contributed by atoms with Gasteiger partial charge in [0.05, 0.1) is 0 Å². The van der Waals surface area contributed by atoms with Crippen LogP contribution >= 0.6 is 21.3 Å². The first kappa shape index (κ1) is 37.4. The van der Waals surface area contributed by atoms with Gasteiger partial charge in [-0.1, -0.05) is 122 Å². The smallest absolute Gasteiger partial charge is 0.327 e. The molecule has 0 unspecified atom stereocenters. The molecule has 0 bridgehead atoms. The summed E-state index contributed by atoms with van der Waals surface area (Å²) in [6, 6.07) is 0. The third kappa shape index (κ3) is 28.4. The van der Waals surface area contributed by atoms with Gasteiger partial charge in [-0.3, -0.25) is 14.1 Å². The van der Waals surface area contributed by atoms with Crippen LogP contribution in [0.5, 0.6) is 0 Å². The normalized spacial score (nSPS) is 12.1. The molecular weight excluding hydrogens is 519 g/mol. The van der Waals surface area contributed by atoms with Crippen molar-refractivity contribution < 1.29 is 28.2 Å². The molecule has 0 aliphatic rings. The molecule has 1 atom stereocenters. The van der Waals surface area contributed by atoms with Crippen molar-refractivity contribution in [2.24, 2.45) is 0 Å². The Morgan fingerprint density at radius 3 is 1.47 bits per heavy atom. The predicted octanol–water partition coefficient (Wildman–Crippen LogP) is 9.59. The van der Waals surface area contributed by atoms with Crippen LogP contribution in [0.4, 0.5) is 0 Å². The summed E-state index contributed by atoms with van der Waals surface area (Å²) in [6.45, 7) is 2.10. The van der Waals surface area contributed by atoms with Gasteiger partial charge >= 0.3 is 20.6 Å². The highest BCUT2D eigenvalue weighted by molar-refractivity contribution is 7.80. The molecule has 224 valence electrons. The minimum atomic E-state index is -0.727. The average Bonchev–Trinajstić information content (AvgIpc) is 2.91. The minimum Gasteiger partial charge on any atom is -0.462 e. The molecule has 0 radical (unpaired) electrons. The minimum absolute atomic E-state index is 0.0580. The Balaban J connectivity index is 3.77. The van der Waals surface area contributed by atoms with Crippen LogP contribution in [0.3, 0.4) is 0 Å². The Kier molecular flexibility index (Phi) is 30.4. The molecule has 0 aliphatic heterocycles. The molecule has 0 saturated carbocycles. The number of hydrogen-bond donors (Lipinski definition) is 1. The molecule has 0 saturated heterocycles. The molecule has 0 aromatic carbocycles. The average molecular weight is 577 g/mol. The number of rotatable bonds is 30. The lowest BCUT2D eigenvalue weighted by molar-refractivity contribution is -0.160. The van der Waals surface area contributed by atoms with Crippen LogP contribution in [0.15, 0.2) is 0 Å². The maximum atomic E-state index is 12.2. The predicted molar refractivity (Wildman–Crippen MR) is 160 cm³/mol. The van der Waals surface area contributed by atoms with Gasteiger partial charge in [-0.25, -0.2) is 4.57 Å². The third-order valence-corrected chi connectivity index (χ3v) is 7.39. The zero-order chi connectivity index (χ0) is 27.9. The standard InChI is InChI=1S/C30H57O6PS/c1-2-3-4-5-6-11-15-18-21-24-30(32)36-28(27-35-37-33)26-34-29(31)23-20-17-14-12-9-7-8-10-13-16-19-22-25-38/h28,38H,2-27H2,1H3/t28-/m1/s1. The van der Waals surface area contributed by atoms with Crippen molar-refractivity contribution >= 4 is 33.3 Å². The van der Waals surface area contributed by atoms with E-state index in [2.05, 4.69) is 19.6 Å². The van der Waals surface area contributed by atoms with Crippen molar-refractivity contribution in [3.05, 3.63) is 0 Å². The highest BCUT2D eigenvalue weighted by atomic mass is 32.1. The molecular formula is C30H57O6PS. The first-order valence-electron chi connectivity index (χ1n) is 15.5. The summed E-state index contributed by atoms with van der Waals surface area (Å²) >= 11 is 4.25. The largest absolute Gasteiger partial charge is 0.462 e. The first-order valence-corrected chi connectivity index (χ1v) is 16.9. The van der Waals surface area contributed by atoms with Gasteiger partial charge in [-0.05, 0) is 25.0 Å². The van der Waals surface area contributed by atoms with E-state index in [1.54, 1.807) is 0 Å². The fourth-order valence-electron chi connectivity index (χ4n) is 4.46. The van der Waals surface area contributed by atoms with Gasteiger partial charge in [0.2, 0.25) is 0 Å². The Morgan fingerprint density at radius 2 is 1.03 bits per heavy atom. The quantitative estimate of drug-likeness (QED) is 0.0397. The Labute approximate surface area is 240 Å². The molecule has 0 aliphatic carbocycles. The summed E-state index contributed by atoms with van der Waals surface area (Å²) in [5.74, 6) is 0.390. The lowest BCUT2D eigenvalue weighted by Gasteiger charge is -2.16. The summed E-state index contributed by atoms with van der Waals surface area (Å²) in [7, 11) is -0.484. The maximum Gasteiger partial charge on any atom is 0.327 e. The van der Waals surface area contributed by atoms with Crippen LogP contribution in [0.1, 0.15) is 155 Å². The van der Waals surface area contributed by atoms with Gasteiger partial charge in [0.1, 0.15) is 13.2 Å². The van der Waals surface area contributed by atoms with Gasteiger partial charge in [0.15, 0.2) is 6.10 Å². The SMILES string of the molecule is CCCCCCCCCCCC(=O)O[C@@H](COP=O)COC(=O)CCCCCCCCCCCCCCS. The van der Waals surface area contributed by atoms with Crippen molar-refractivity contribution in [3.63, 3.8) is 0 Å². The zero-order valence-corrected chi connectivity index (χ0v) is 26.1. The van der Waals surface area contributed by atoms with Crippen molar-refractivity contribution in [2.45, 2.75) is 161 Å². The van der Waals surface area contributed by atoms with E-state index >= 15 is 0 Å². The van der Waals surface area contributed by atoms with Gasteiger partial charge in [-0.15, -0.1) is 0 Å². The lowest BCUT2D eigenvalue weighted by Crippen LogP contribution is -2.28. The molecule has 0 amide bonds. The van der Waals surface area contributed by atoms with Crippen molar-refractivity contribution in [2.75, 3.05) is 19.0 Å². The number of carbonyl (C=O) groups is 2. The number of carbonyl (C=O) groups excluding carboxylic acids is 2. The highest BCUT2D eigenvalue weighted by Crippen LogP contribution is 2.14. The monoisotopic (exact) mass is 576 g/mol. The van der Waals surface area contributed by atoms with Crippen molar-refractivity contribution in [1.82, 2.24) is 0 Å². The van der Waals surface area contributed by atoms with E-state index in [0.29, 0.717) is 12.8 Å². The number of esters is 2. The molecule has 0 heterocycles. The molecule has 0 fully saturated rings. The Morgan fingerprint density at radius 1 is 0.605 bits per heavy atom. The van der Waals surface area contributed by atoms with Crippen molar-refractivity contribution in [1.29, 1.82) is 0 Å². The molecule has 0 spiro atoms. The van der Waals surface area contributed by atoms with Crippen LogP contribution in [-0.4, -0.2) is 37.0 Å². The van der Waals surface area contributed by atoms with Gasteiger partial charge < -0.3 is 9.47 Å². The summed E-state index contributed by atoms with van der Waals surface area (Å²) in [6.07, 6.45) is 25.3. The maximum absolute atomic E-state index is 12.2. The van der Waals surface area contributed by atoms with Crippen LogP contribution < -0.4 is 0 Å². The number of unbranched alkanes of at least 4 members (excludes halogenated alkanes) is 19. The second-order valence-electron chi connectivity index (χ2n) is 10.5. The summed E-state index contributed by atoms with van der Waals surface area (Å²) in [5, 5.41) is 0. The molecule has 6 nitrogen and oxygen atoms in total. The number of ether oxygens (including phenoxy) is 2. The van der Waals surface area contributed by atoms with Crippen LogP contribution in [0.25, 0.3) is 0 Å². The number of thiol groups is 1. The molecule has 0 rings (SSSR count). The van der Waals surface area contributed by atoms with E-state index in [9.17, 15) is 14.2 Å². The van der Waals surface area contributed by atoms with Gasteiger partial charge in [0, 0.05) is 12.8 Å². The molecule has 0 aromatic heterocycles. The molecule has 38 heavy (non-hydrogen) atoms. The highest BCUT2D eigenvalue weighted by Gasteiger charge is 2.17. The van der Waals surface area contributed by atoms with Crippen LogP contribution in [0.2, 0.25) is 0 Å². The zero-order valence-electron chi connectivity index (χ0n) is 24.3. The number of hydrogen-bond acceptors (Lipinski definition) is 7. The van der Waals surface area contributed by atoms with E-state index in [1.807, 2.05) is 0 Å². The summed E-state index contributed by atoms with van der Waals surface area (Å²) < 4.78 is 26.2. The second-order valence-corrected chi connectivity index (χ2v) is 11.3. The molecule has 0 aromatic rings. The topological polar surface area (TPSA) is 78.9 Å². The summed E-state index contributed by atoms with van der Waals surface area (Å²) in [5.41, 5.74) is 0. The fraction of sp³-hybridized carbons (Fsp3) is 0.933. The van der Waals surface area contributed by atoms with Crippen LogP contribution in [-0.2, 0) is 28.2 Å². The van der Waals surface area contributed by atoms with Crippen molar-refractivity contribution in [3.8, 4) is 0 Å².